The first-order valence-corrected chi connectivity index (χ1v) is 18.5. The van der Waals surface area contributed by atoms with Gasteiger partial charge in [-0.2, -0.15) is 0 Å². The predicted octanol–water partition coefficient (Wildman–Crippen LogP) is 8.23. The predicted molar refractivity (Wildman–Crippen MR) is 189 cm³/mol. The van der Waals surface area contributed by atoms with Gasteiger partial charge in [-0.3, -0.25) is 0 Å². The standard InChI is InChI=1S/C37H34N2O4S3/c1-3-38(25-44-29-13-7-5-8-14-29)27-19-21-31-34(23-27)43-35-24-28(39(4-2)26-45-30-15-9-6-10-16-30)20-22-32(35)37(31)33-17-11-12-18-36(33)46(40,41)42/h5-24H,3-4,25-26H2,1-2H3. The van der Waals surface area contributed by atoms with Crippen LogP contribution in [0.15, 0.2) is 140 Å². The van der Waals surface area contributed by atoms with Crippen molar-refractivity contribution in [2.75, 3.05) is 29.7 Å². The third-order valence-electron chi connectivity index (χ3n) is 7.87. The fourth-order valence-corrected chi connectivity index (χ4v) is 8.13. The molecule has 2 aliphatic rings. The van der Waals surface area contributed by atoms with Gasteiger partial charge < -0.3 is 13.9 Å². The molecule has 0 bridgehead atoms. The Morgan fingerprint density at radius 1 is 0.761 bits per heavy atom. The van der Waals surface area contributed by atoms with Crippen molar-refractivity contribution in [3.63, 3.8) is 0 Å². The van der Waals surface area contributed by atoms with E-state index in [2.05, 4.69) is 47.6 Å². The van der Waals surface area contributed by atoms with Crippen molar-refractivity contribution in [3.8, 4) is 22.5 Å². The lowest BCUT2D eigenvalue weighted by molar-refractivity contribution is 0.463. The van der Waals surface area contributed by atoms with Gasteiger partial charge in [-0.15, -0.1) is 11.8 Å². The first-order chi connectivity index (χ1) is 22.4. The lowest BCUT2D eigenvalue weighted by Crippen LogP contribution is -2.29. The Morgan fingerprint density at radius 3 is 2.11 bits per heavy atom. The van der Waals surface area contributed by atoms with E-state index in [1.54, 1.807) is 41.7 Å². The normalized spacial score (nSPS) is 12.4. The molecule has 0 amide bonds. The molecule has 234 valence electrons. The molecule has 0 aromatic heterocycles. The van der Waals surface area contributed by atoms with Crippen LogP contribution in [0.5, 0.6) is 0 Å². The van der Waals surface area contributed by atoms with Crippen molar-refractivity contribution in [2.45, 2.75) is 28.5 Å². The monoisotopic (exact) mass is 666 g/mol. The van der Waals surface area contributed by atoms with Crippen LogP contribution in [0.2, 0.25) is 0 Å². The fraction of sp³-hybridized carbons (Fsp3) is 0.162. The first-order valence-electron chi connectivity index (χ1n) is 15.1. The van der Waals surface area contributed by atoms with Crippen LogP contribution in [0.1, 0.15) is 13.8 Å². The van der Waals surface area contributed by atoms with Gasteiger partial charge in [0.1, 0.15) is 28.0 Å². The Morgan fingerprint density at radius 2 is 1.43 bits per heavy atom. The van der Waals surface area contributed by atoms with Crippen LogP contribution in [-0.2, 0) is 10.1 Å². The Hall–Kier alpha value is -4.02. The van der Waals surface area contributed by atoms with Crippen molar-refractivity contribution in [3.05, 3.63) is 127 Å². The molecule has 46 heavy (non-hydrogen) atoms. The molecule has 0 radical (unpaired) electrons. The number of fused-ring (bicyclic) bond motifs is 2. The fourth-order valence-electron chi connectivity index (χ4n) is 5.48. The van der Waals surface area contributed by atoms with E-state index in [0.717, 1.165) is 46.8 Å². The van der Waals surface area contributed by atoms with E-state index in [1.165, 1.54) is 15.9 Å². The summed E-state index contributed by atoms with van der Waals surface area (Å²) in [5, 5.41) is 1.72. The molecule has 0 spiro atoms. The highest BCUT2D eigenvalue weighted by Crippen LogP contribution is 2.43. The average molecular weight is 667 g/mol. The highest BCUT2D eigenvalue weighted by atomic mass is 32.2. The molecule has 4 aromatic rings. The largest absolute Gasteiger partial charge is 0.744 e. The minimum atomic E-state index is -4.74. The summed E-state index contributed by atoms with van der Waals surface area (Å²) in [6.07, 6.45) is 0. The van der Waals surface area contributed by atoms with E-state index < -0.39 is 10.1 Å². The van der Waals surface area contributed by atoms with E-state index in [1.807, 2.05) is 72.8 Å². The number of thioether (sulfide) groups is 2. The quantitative estimate of drug-likeness (QED) is 0.0453. The lowest BCUT2D eigenvalue weighted by Gasteiger charge is -2.24. The van der Waals surface area contributed by atoms with Crippen LogP contribution in [0, 0.1) is 0 Å². The van der Waals surface area contributed by atoms with Gasteiger partial charge in [0, 0.05) is 56.2 Å². The van der Waals surface area contributed by atoms with Gasteiger partial charge >= 0.3 is 0 Å². The molecule has 4 aromatic carbocycles. The first kappa shape index (κ1) is 31.9. The maximum atomic E-state index is 12.4. The average Bonchev–Trinajstić information content (AvgIpc) is 3.08. The van der Waals surface area contributed by atoms with Gasteiger partial charge in [0.05, 0.1) is 16.8 Å². The van der Waals surface area contributed by atoms with E-state index >= 15 is 0 Å². The molecule has 6 rings (SSSR count). The molecular formula is C37H34N2O4S3. The highest BCUT2D eigenvalue weighted by Gasteiger charge is 2.22. The summed E-state index contributed by atoms with van der Waals surface area (Å²) in [5.74, 6) is 2.11. The Balaban J connectivity index is 1.51. The third kappa shape index (κ3) is 7.03. The molecule has 0 N–H and O–H groups in total. The second-order valence-corrected chi connectivity index (χ2v) is 14.1. The number of rotatable bonds is 11. The summed E-state index contributed by atoms with van der Waals surface area (Å²) in [5.41, 5.74) is 3.36. The molecule has 0 fully saturated rings. The van der Waals surface area contributed by atoms with Gasteiger partial charge in [0.25, 0.3) is 0 Å². The maximum absolute atomic E-state index is 12.4. The zero-order chi connectivity index (χ0) is 32.1. The zero-order valence-corrected chi connectivity index (χ0v) is 28.1. The van der Waals surface area contributed by atoms with Crippen LogP contribution in [0.3, 0.4) is 0 Å². The van der Waals surface area contributed by atoms with Crippen molar-refractivity contribution in [1.82, 2.24) is 4.58 Å². The van der Waals surface area contributed by atoms with Crippen LogP contribution in [0.25, 0.3) is 33.4 Å². The number of nitrogens with zero attached hydrogens (tertiary/aromatic N) is 2. The minimum Gasteiger partial charge on any atom is -0.744 e. The number of hydrogen-bond acceptors (Lipinski definition) is 7. The van der Waals surface area contributed by atoms with Gasteiger partial charge in [-0.1, -0.05) is 66.4 Å². The van der Waals surface area contributed by atoms with Gasteiger partial charge in [0.15, 0.2) is 5.88 Å². The summed E-state index contributed by atoms with van der Waals surface area (Å²) in [6.45, 7) is 5.82. The molecule has 1 aliphatic carbocycles. The van der Waals surface area contributed by atoms with Crippen molar-refractivity contribution >= 4 is 50.3 Å². The van der Waals surface area contributed by atoms with Crippen LogP contribution in [0.4, 0.5) is 5.69 Å². The van der Waals surface area contributed by atoms with E-state index in [-0.39, 0.29) is 4.90 Å². The Bertz CT molecular complexity index is 2110. The molecule has 9 heteroatoms. The van der Waals surface area contributed by atoms with Crippen LogP contribution in [-0.4, -0.2) is 37.8 Å². The Labute approximate surface area is 278 Å². The van der Waals surface area contributed by atoms with E-state index in [9.17, 15) is 13.0 Å². The zero-order valence-electron chi connectivity index (χ0n) is 25.6. The molecule has 1 aliphatic heterocycles. The topological polar surface area (TPSA) is 76.6 Å². The van der Waals surface area contributed by atoms with E-state index in [4.69, 9.17) is 4.42 Å². The second kappa shape index (κ2) is 14.2. The van der Waals surface area contributed by atoms with E-state index in [0.29, 0.717) is 22.5 Å². The highest BCUT2D eigenvalue weighted by molar-refractivity contribution is 7.99. The second-order valence-electron chi connectivity index (χ2n) is 10.7. The molecule has 0 atom stereocenters. The molecule has 0 saturated carbocycles. The summed E-state index contributed by atoms with van der Waals surface area (Å²) in [6, 6.07) is 39.0. The number of benzene rings is 5. The van der Waals surface area contributed by atoms with Gasteiger partial charge in [-0.25, -0.2) is 13.0 Å². The van der Waals surface area contributed by atoms with Crippen molar-refractivity contribution in [2.24, 2.45) is 0 Å². The smallest absolute Gasteiger partial charge is 0.204 e. The van der Waals surface area contributed by atoms with Gasteiger partial charge in [-0.05, 0) is 62.4 Å². The molecule has 0 unspecified atom stereocenters. The molecular weight excluding hydrogens is 633 g/mol. The molecule has 1 heterocycles. The maximum Gasteiger partial charge on any atom is 0.204 e. The molecule has 0 saturated heterocycles. The number of hydrogen-bond donors (Lipinski definition) is 0. The number of anilines is 1. The van der Waals surface area contributed by atoms with Gasteiger partial charge in [0.2, 0.25) is 5.36 Å². The van der Waals surface area contributed by atoms with Crippen molar-refractivity contribution in [1.29, 1.82) is 0 Å². The SMILES string of the molecule is CCN(CSc1ccccc1)c1ccc2c(-c3ccccc3S(=O)(=O)[O-])c3cc/c(=[N+](\CC)CSc4ccccc4)cc-3oc2c1. The third-order valence-corrected chi connectivity index (χ3v) is 10.9. The van der Waals surface area contributed by atoms with Crippen LogP contribution < -0.4 is 14.8 Å². The molecule has 6 nitrogen and oxygen atoms in total. The minimum absolute atomic E-state index is 0.249. The summed E-state index contributed by atoms with van der Waals surface area (Å²) < 4.78 is 46.2. The lowest BCUT2D eigenvalue weighted by atomic mass is 9.93. The van der Waals surface area contributed by atoms with Crippen molar-refractivity contribution < 1.29 is 17.4 Å². The summed E-state index contributed by atoms with van der Waals surface area (Å²) in [7, 11) is -4.74. The summed E-state index contributed by atoms with van der Waals surface area (Å²) in [4.78, 5) is 4.39. The van der Waals surface area contributed by atoms with Crippen LogP contribution >= 0.6 is 23.5 Å². The Kier molecular flexibility index (Phi) is 9.84. The summed E-state index contributed by atoms with van der Waals surface area (Å²) >= 11 is 3.52.